The molecule has 2 aliphatic rings. The van der Waals surface area contributed by atoms with Crippen molar-refractivity contribution < 1.29 is 8.42 Å². The molecule has 0 radical (unpaired) electrons. The minimum atomic E-state index is -3.13. The summed E-state index contributed by atoms with van der Waals surface area (Å²) in [6.45, 7) is 4.26. The highest BCUT2D eigenvalue weighted by Crippen LogP contribution is 2.26. The van der Waals surface area contributed by atoms with Gasteiger partial charge in [0.25, 0.3) is 0 Å². The molecule has 1 heterocycles. The smallest absolute Gasteiger partial charge is 0.217 e. The Labute approximate surface area is 121 Å². The van der Waals surface area contributed by atoms with Crippen LogP contribution in [0.15, 0.2) is 0 Å². The van der Waals surface area contributed by atoms with Crippen molar-refractivity contribution >= 4 is 15.9 Å². The molecule has 0 bridgehead atoms. The number of hydrogen-bond acceptors (Lipinski definition) is 4. The molecule has 2 fully saturated rings. The molecule has 1 aliphatic heterocycles. The molecule has 0 amide bonds. The number of hydrogen-bond donors (Lipinski definition) is 2. The van der Waals surface area contributed by atoms with E-state index in [1.165, 1.54) is 0 Å². The van der Waals surface area contributed by atoms with Gasteiger partial charge >= 0.3 is 0 Å². The number of sulfonamides is 1. The first-order valence-electron chi connectivity index (χ1n) is 7.50. The lowest BCUT2D eigenvalue weighted by molar-refractivity contribution is 0.172. The number of nitrogens with one attached hydrogen (secondary N) is 1. The molecule has 0 aromatic heterocycles. The van der Waals surface area contributed by atoms with E-state index in [-0.39, 0.29) is 17.1 Å². The van der Waals surface area contributed by atoms with E-state index in [2.05, 4.69) is 4.90 Å². The number of rotatable bonds is 4. The Balaban J connectivity index is 1.94. The Morgan fingerprint density at radius 1 is 1.15 bits per heavy atom. The average molecular weight is 302 g/mol. The minimum absolute atomic E-state index is 0.102. The molecule has 0 aromatic rings. The van der Waals surface area contributed by atoms with E-state index in [1.807, 2.05) is 6.92 Å². The van der Waals surface area contributed by atoms with Gasteiger partial charge in [-0.1, -0.05) is 19.3 Å². The Morgan fingerprint density at radius 2 is 1.70 bits per heavy atom. The first-order valence-corrected chi connectivity index (χ1v) is 9.00. The Hall–Kier alpha value is -0.660. The van der Waals surface area contributed by atoms with Crippen molar-refractivity contribution in [3.8, 4) is 0 Å². The first-order chi connectivity index (χ1) is 9.43. The summed E-state index contributed by atoms with van der Waals surface area (Å²) in [5, 5.41) is 7.30. The van der Waals surface area contributed by atoms with Crippen LogP contribution < -0.4 is 5.73 Å². The summed E-state index contributed by atoms with van der Waals surface area (Å²) >= 11 is 0. The second-order valence-corrected chi connectivity index (χ2v) is 8.08. The van der Waals surface area contributed by atoms with Crippen LogP contribution in [0.5, 0.6) is 0 Å². The molecule has 7 heteroatoms. The van der Waals surface area contributed by atoms with E-state index in [4.69, 9.17) is 11.1 Å². The van der Waals surface area contributed by atoms with Gasteiger partial charge in [-0.15, -0.1) is 0 Å². The predicted octanol–water partition coefficient (Wildman–Crippen LogP) is 0.591. The highest BCUT2D eigenvalue weighted by Gasteiger charge is 2.35. The fourth-order valence-corrected chi connectivity index (χ4v) is 5.14. The van der Waals surface area contributed by atoms with Crippen molar-refractivity contribution in [1.29, 1.82) is 5.41 Å². The van der Waals surface area contributed by atoms with Gasteiger partial charge in [0.1, 0.15) is 5.84 Å². The molecular formula is C13H26N4O2S. The maximum absolute atomic E-state index is 12.6. The third kappa shape index (κ3) is 3.32. The second-order valence-electron chi connectivity index (χ2n) is 5.87. The molecule has 3 N–H and O–H groups in total. The van der Waals surface area contributed by atoms with Gasteiger partial charge in [-0.05, 0) is 19.8 Å². The third-order valence-electron chi connectivity index (χ3n) is 4.60. The lowest BCUT2D eigenvalue weighted by Gasteiger charge is -2.38. The zero-order chi connectivity index (χ0) is 14.8. The van der Waals surface area contributed by atoms with Crippen molar-refractivity contribution in [3.63, 3.8) is 0 Å². The predicted molar refractivity (Wildman–Crippen MR) is 80.3 cm³/mol. The highest BCUT2D eigenvalue weighted by molar-refractivity contribution is 7.89. The fraction of sp³-hybridized carbons (Fsp3) is 0.923. The standard InChI is InChI=1S/C13H26N4O2S/c1-11(13(14)15)16-7-9-17(10-8-16)20(18,19)12-5-3-2-4-6-12/h11-12H,2-10H2,1H3,(H3,14,15). The third-order valence-corrected chi connectivity index (χ3v) is 7.00. The van der Waals surface area contributed by atoms with Crippen LogP contribution in [0.25, 0.3) is 0 Å². The fourth-order valence-electron chi connectivity index (χ4n) is 3.12. The van der Waals surface area contributed by atoms with Gasteiger partial charge in [-0.3, -0.25) is 10.3 Å². The molecule has 6 nitrogen and oxygen atoms in total. The van der Waals surface area contributed by atoms with Gasteiger partial charge in [0.05, 0.1) is 11.3 Å². The van der Waals surface area contributed by atoms with Gasteiger partial charge in [-0.25, -0.2) is 8.42 Å². The van der Waals surface area contributed by atoms with Gasteiger partial charge < -0.3 is 5.73 Å². The minimum Gasteiger partial charge on any atom is -0.386 e. The molecule has 1 unspecified atom stereocenters. The van der Waals surface area contributed by atoms with Crippen molar-refractivity contribution in [3.05, 3.63) is 0 Å². The number of piperazine rings is 1. The van der Waals surface area contributed by atoms with Crippen molar-refractivity contribution in [2.75, 3.05) is 26.2 Å². The maximum Gasteiger partial charge on any atom is 0.217 e. The van der Waals surface area contributed by atoms with Crippen LogP contribution in [0.3, 0.4) is 0 Å². The highest BCUT2D eigenvalue weighted by atomic mass is 32.2. The lowest BCUT2D eigenvalue weighted by Crippen LogP contribution is -2.55. The molecule has 0 aromatic carbocycles. The molecule has 1 saturated carbocycles. The summed E-state index contributed by atoms with van der Waals surface area (Å²) in [6.07, 6.45) is 4.85. The molecule has 116 valence electrons. The SMILES string of the molecule is CC(C(=N)N)N1CCN(S(=O)(=O)C2CCCCC2)CC1. The maximum atomic E-state index is 12.6. The normalized spacial score (nSPS) is 25.4. The molecule has 0 spiro atoms. The summed E-state index contributed by atoms with van der Waals surface area (Å²) in [7, 11) is -3.13. The Kier molecular flexibility index (Phi) is 5.04. The van der Waals surface area contributed by atoms with Gasteiger partial charge in [0.15, 0.2) is 0 Å². The summed E-state index contributed by atoms with van der Waals surface area (Å²) in [6, 6.07) is -0.102. The van der Waals surface area contributed by atoms with Crippen molar-refractivity contribution in [1.82, 2.24) is 9.21 Å². The van der Waals surface area contributed by atoms with E-state index in [9.17, 15) is 8.42 Å². The topological polar surface area (TPSA) is 90.5 Å². The van der Waals surface area contributed by atoms with E-state index >= 15 is 0 Å². The lowest BCUT2D eigenvalue weighted by atomic mass is 10.0. The monoisotopic (exact) mass is 302 g/mol. The van der Waals surface area contributed by atoms with Gasteiger partial charge in [0, 0.05) is 26.2 Å². The summed E-state index contributed by atoms with van der Waals surface area (Å²) in [5.74, 6) is 0.147. The van der Waals surface area contributed by atoms with Gasteiger partial charge in [0.2, 0.25) is 10.0 Å². The van der Waals surface area contributed by atoms with Crippen molar-refractivity contribution in [2.45, 2.75) is 50.3 Å². The molecule has 2 rings (SSSR count). The van der Waals surface area contributed by atoms with Gasteiger partial charge in [-0.2, -0.15) is 4.31 Å². The summed E-state index contributed by atoms with van der Waals surface area (Å²) in [4.78, 5) is 2.08. The van der Waals surface area contributed by atoms with E-state index in [0.29, 0.717) is 26.2 Å². The first kappa shape index (κ1) is 15.7. The van der Waals surface area contributed by atoms with Crippen molar-refractivity contribution in [2.24, 2.45) is 5.73 Å². The molecule has 20 heavy (non-hydrogen) atoms. The van der Waals surface area contributed by atoms with E-state index in [0.717, 1.165) is 32.1 Å². The van der Waals surface area contributed by atoms with Crippen LogP contribution in [0.4, 0.5) is 0 Å². The molecule has 1 saturated heterocycles. The molecule has 1 atom stereocenters. The number of amidine groups is 1. The summed E-state index contributed by atoms with van der Waals surface area (Å²) in [5.41, 5.74) is 5.51. The zero-order valence-electron chi connectivity index (χ0n) is 12.2. The molecular weight excluding hydrogens is 276 g/mol. The largest absolute Gasteiger partial charge is 0.386 e. The summed E-state index contributed by atoms with van der Waals surface area (Å²) < 4.78 is 26.8. The number of nitrogens with two attached hydrogens (primary N) is 1. The second kappa shape index (κ2) is 6.41. The number of nitrogens with zero attached hydrogens (tertiary/aromatic N) is 2. The van der Waals surface area contributed by atoms with Crippen LogP contribution in [-0.4, -0.2) is 60.9 Å². The average Bonchev–Trinajstić information content (AvgIpc) is 2.47. The van der Waals surface area contributed by atoms with Crippen LogP contribution in [0.2, 0.25) is 0 Å². The van der Waals surface area contributed by atoms with Crippen LogP contribution in [-0.2, 0) is 10.0 Å². The Bertz CT molecular complexity index is 437. The van der Waals surface area contributed by atoms with Crippen LogP contribution >= 0.6 is 0 Å². The van der Waals surface area contributed by atoms with Crippen LogP contribution in [0.1, 0.15) is 39.0 Å². The van der Waals surface area contributed by atoms with Crippen LogP contribution in [0, 0.1) is 5.41 Å². The molecule has 1 aliphatic carbocycles. The van der Waals surface area contributed by atoms with E-state index in [1.54, 1.807) is 4.31 Å². The van der Waals surface area contributed by atoms with E-state index < -0.39 is 10.0 Å². The Morgan fingerprint density at radius 3 is 2.20 bits per heavy atom. The zero-order valence-corrected chi connectivity index (χ0v) is 13.0. The quantitative estimate of drug-likeness (QED) is 0.587.